The summed E-state index contributed by atoms with van der Waals surface area (Å²) in [6.45, 7) is 1.56. The Morgan fingerprint density at radius 1 is 0.800 bits per heavy atom. The molecule has 3 fully saturated rings. The highest BCUT2D eigenvalue weighted by molar-refractivity contribution is 5.42. The van der Waals surface area contributed by atoms with Crippen molar-refractivity contribution in [1.29, 1.82) is 0 Å². The molecule has 3 aliphatic rings. The van der Waals surface area contributed by atoms with Gasteiger partial charge in [0.15, 0.2) is 0 Å². The van der Waals surface area contributed by atoms with Crippen molar-refractivity contribution < 1.29 is 22.6 Å². The van der Waals surface area contributed by atoms with Crippen LogP contribution in [0.25, 0.3) is 0 Å². The Bertz CT molecular complexity index is 1040. The quantitative estimate of drug-likeness (QED) is 0.302. The van der Waals surface area contributed by atoms with E-state index in [2.05, 4.69) is 81.4 Å². The molecule has 0 saturated heterocycles. The normalized spacial score (nSPS) is 23.0. The second kappa shape index (κ2) is 9.63. The fraction of sp³-hybridized carbons (Fsp3) is 0.393. The Hall–Kier alpha value is -2.90. The minimum Gasteiger partial charge on any atom is -0.478 e. The van der Waals surface area contributed by atoms with Gasteiger partial charge in [0.25, 0.3) is 0 Å². The van der Waals surface area contributed by atoms with Gasteiger partial charge in [0.2, 0.25) is 5.88 Å². The molecule has 1 heterocycles. The maximum atomic E-state index is 12.0. The minimum atomic E-state index is -4.60. The van der Waals surface area contributed by atoms with E-state index in [0.29, 0.717) is 5.88 Å². The summed E-state index contributed by atoms with van der Waals surface area (Å²) in [7, 11) is 0. The second-order valence-corrected chi connectivity index (χ2v) is 9.74. The lowest BCUT2D eigenvalue weighted by atomic mass is 9.37. The van der Waals surface area contributed by atoms with Crippen molar-refractivity contribution in [1.82, 2.24) is 9.88 Å². The topological polar surface area (TPSA) is 34.6 Å². The van der Waals surface area contributed by atoms with E-state index in [-0.39, 0.29) is 24.0 Å². The number of rotatable bonds is 11. The molecule has 0 spiro atoms. The lowest BCUT2D eigenvalue weighted by molar-refractivity contribution is -0.324. The summed E-state index contributed by atoms with van der Waals surface area (Å²) in [6.07, 6.45) is 0.734. The number of aromatic nitrogens is 1. The van der Waals surface area contributed by atoms with Crippen molar-refractivity contribution in [2.24, 2.45) is 0 Å². The SMILES string of the molecule is FC(F)(F)OCCCOc1ccc(C23CC(N(Cc4ccccc4)Cc4ccccc4)(C2)C3)cn1. The predicted molar refractivity (Wildman–Crippen MR) is 127 cm³/mol. The van der Waals surface area contributed by atoms with Gasteiger partial charge >= 0.3 is 6.36 Å². The average Bonchev–Trinajstić information content (AvgIpc) is 2.79. The van der Waals surface area contributed by atoms with Gasteiger partial charge in [0, 0.05) is 42.7 Å². The number of hydrogen-bond acceptors (Lipinski definition) is 4. The first-order valence-corrected chi connectivity index (χ1v) is 12.0. The molecular formula is C28H29F3N2O2. The van der Waals surface area contributed by atoms with Gasteiger partial charge in [0.1, 0.15) is 0 Å². The summed E-state index contributed by atoms with van der Waals surface area (Å²) in [4.78, 5) is 7.03. The third-order valence-corrected chi connectivity index (χ3v) is 7.26. The van der Waals surface area contributed by atoms with Crippen molar-refractivity contribution in [3.05, 3.63) is 95.7 Å². The standard InChI is InChI=1S/C28H29F3N2O2/c29-28(30,31)35-15-7-14-34-25-13-12-24(16-32-25)26-19-27(20-26,21-26)33(17-22-8-3-1-4-9-22)18-23-10-5-2-6-11-23/h1-6,8-13,16H,7,14-15,17-21H2. The Kier molecular flexibility index (Phi) is 6.55. The second-order valence-electron chi connectivity index (χ2n) is 9.74. The maximum Gasteiger partial charge on any atom is 0.522 e. The maximum absolute atomic E-state index is 12.0. The molecule has 7 heteroatoms. The Morgan fingerprint density at radius 2 is 1.40 bits per heavy atom. The molecule has 35 heavy (non-hydrogen) atoms. The van der Waals surface area contributed by atoms with Gasteiger partial charge < -0.3 is 4.74 Å². The van der Waals surface area contributed by atoms with E-state index in [1.807, 2.05) is 12.3 Å². The number of nitrogens with zero attached hydrogens (tertiary/aromatic N) is 2. The molecule has 4 nitrogen and oxygen atoms in total. The van der Waals surface area contributed by atoms with Gasteiger partial charge in [-0.1, -0.05) is 66.7 Å². The van der Waals surface area contributed by atoms with Gasteiger partial charge in [-0.2, -0.15) is 0 Å². The van der Waals surface area contributed by atoms with Gasteiger partial charge in [-0.15, -0.1) is 13.2 Å². The zero-order chi connectivity index (χ0) is 24.4. The van der Waals surface area contributed by atoms with E-state index < -0.39 is 13.0 Å². The Balaban J connectivity index is 1.18. The molecule has 0 amide bonds. The molecule has 0 N–H and O–H groups in total. The van der Waals surface area contributed by atoms with Crippen LogP contribution in [-0.4, -0.2) is 35.0 Å². The van der Waals surface area contributed by atoms with E-state index in [0.717, 1.165) is 32.4 Å². The van der Waals surface area contributed by atoms with Gasteiger partial charge in [-0.25, -0.2) is 4.98 Å². The molecular weight excluding hydrogens is 453 g/mol. The summed E-state index contributed by atoms with van der Waals surface area (Å²) in [5, 5.41) is 0. The van der Waals surface area contributed by atoms with E-state index in [1.54, 1.807) is 0 Å². The molecule has 0 atom stereocenters. The first-order chi connectivity index (χ1) is 16.9. The molecule has 2 aromatic carbocycles. The van der Waals surface area contributed by atoms with Crippen LogP contribution in [0.5, 0.6) is 5.88 Å². The van der Waals surface area contributed by atoms with Crippen LogP contribution in [0.4, 0.5) is 13.2 Å². The number of benzene rings is 2. The van der Waals surface area contributed by atoms with Crippen LogP contribution in [0.2, 0.25) is 0 Å². The lowest BCUT2D eigenvalue weighted by Crippen LogP contribution is -2.76. The highest BCUT2D eigenvalue weighted by Crippen LogP contribution is 2.70. The van der Waals surface area contributed by atoms with Crippen LogP contribution in [0.15, 0.2) is 79.0 Å². The molecule has 184 valence electrons. The first-order valence-electron chi connectivity index (χ1n) is 12.0. The molecule has 3 aromatic rings. The molecule has 0 aliphatic heterocycles. The highest BCUT2D eigenvalue weighted by atomic mass is 19.4. The van der Waals surface area contributed by atoms with Crippen molar-refractivity contribution in [3.8, 4) is 5.88 Å². The molecule has 3 aliphatic carbocycles. The zero-order valence-electron chi connectivity index (χ0n) is 19.5. The summed E-state index contributed by atoms with van der Waals surface area (Å²) < 4.78 is 45.3. The van der Waals surface area contributed by atoms with Crippen LogP contribution < -0.4 is 4.74 Å². The first kappa shape index (κ1) is 23.8. The molecule has 0 unspecified atom stereocenters. The molecule has 0 radical (unpaired) electrons. The van der Waals surface area contributed by atoms with Crippen LogP contribution in [0.3, 0.4) is 0 Å². The monoisotopic (exact) mass is 482 g/mol. The zero-order valence-corrected chi connectivity index (χ0v) is 19.5. The van der Waals surface area contributed by atoms with Crippen LogP contribution >= 0.6 is 0 Å². The minimum absolute atomic E-state index is 0.130. The lowest BCUT2D eigenvalue weighted by Gasteiger charge is -2.74. The van der Waals surface area contributed by atoms with E-state index >= 15 is 0 Å². The fourth-order valence-electron chi connectivity index (χ4n) is 5.58. The van der Waals surface area contributed by atoms with E-state index in [1.165, 1.54) is 16.7 Å². The third-order valence-electron chi connectivity index (χ3n) is 7.26. The van der Waals surface area contributed by atoms with E-state index in [9.17, 15) is 13.2 Å². The fourth-order valence-corrected chi connectivity index (χ4v) is 5.58. The number of halogens is 3. The molecule has 3 saturated carbocycles. The molecule has 2 bridgehead atoms. The Morgan fingerprint density at radius 3 is 1.91 bits per heavy atom. The van der Waals surface area contributed by atoms with Crippen molar-refractivity contribution in [3.63, 3.8) is 0 Å². The summed E-state index contributed by atoms with van der Waals surface area (Å²) in [6, 6.07) is 25.1. The van der Waals surface area contributed by atoms with Gasteiger partial charge in [0.05, 0.1) is 13.2 Å². The van der Waals surface area contributed by atoms with Crippen molar-refractivity contribution in [2.75, 3.05) is 13.2 Å². The molecule has 6 rings (SSSR count). The number of pyridine rings is 1. The third kappa shape index (κ3) is 5.36. The highest BCUT2D eigenvalue weighted by Gasteiger charge is 2.70. The van der Waals surface area contributed by atoms with Gasteiger partial charge in [-0.05, 0) is 36.0 Å². The van der Waals surface area contributed by atoms with Crippen LogP contribution in [0.1, 0.15) is 42.4 Å². The largest absolute Gasteiger partial charge is 0.522 e. The summed E-state index contributed by atoms with van der Waals surface area (Å²) in [5.41, 5.74) is 4.24. The summed E-state index contributed by atoms with van der Waals surface area (Å²) >= 11 is 0. The van der Waals surface area contributed by atoms with Crippen molar-refractivity contribution in [2.45, 2.75) is 56.1 Å². The van der Waals surface area contributed by atoms with Crippen molar-refractivity contribution >= 4 is 0 Å². The van der Waals surface area contributed by atoms with E-state index in [4.69, 9.17) is 4.74 Å². The summed E-state index contributed by atoms with van der Waals surface area (Å²) in [5.74, 6) is 0.428. The molecule has 1 aromatic heterocycles. The average molecular weight is 483 g/mol. The Labute approximate surface area is 203 Å². The van der Waals surface area contributed by atoms with Gasteiger partial charge in [-0.3, -0.25) is 9.64 Å². The number of ether oxygens (including phenoxy) is 2. The van der Waals surface area contributed by atoms with Crippen LogP contribution in [-0.2, 0) is 23.2 Å². The predicted octanol–water partition coefficient (Wildman–Crippen LogP) is 6.26. The van der Waals surface area contributed by atoms with Crippen LogP contribution in [0, 0.1) is 0 Å². The smallest absolute Gasteiger partial charge is 0.478 e. The number of hydrogen-bond donors (Lipinski definition) is 0. The number of alkyl halides is 3.